The third-order valence-corrected chi connectivity index (χ3v) is 0.812. The van der Waals surface area contributed by atoms with Gasteiger partial charge in [0.25, 0.3) is 0 Å². The van der Waals surface area contributed by atoms with Crippen LogP contribution in [0.25, 0.3) is 0 Å². The fourth-order valence-corrected chi connectivity index (χ4v) is 0.217. The van der Waals surface area contributed by atoms with Crippen LogP contribution in [0.4, 0.5) is 0 Å². The van der Waals surface area contributed by atoms with E-state index < -0.39 is 0 Å². The van der Waals surface area contributed by atoms with Gasteiger partial charge < -0.3 is 6.15 Å². The van der Waals surface area contributed by atoms with Crippen molar-refractivity contribution in [2.75, 3.05) is 0 Å². The van der Waals surface area contributed by atoms with Crippen molar-refractivity contribution in [2.45, 2.75) is 20.8 Å². The summed E-state index contributed by atoms with van der Waals surface area (Å²) in [6.45, 7) is 5.40. The average molecular weight is 170 g/mol. The molecule has 0 rings (SSSR count). The molecular formula is C5H16ClN3O. The Bertz CT molecular complexity index is 99.6. The smallest absolute Gasteiger partial charge is 0.239 e. The van der Waals surface area contributed by atoms with E-state index in [1.54, 1.807) is 20.8 Å². The molecule has 0 saturated heterocycles. The lowest BCUT2D eigenvalue weighted by Crippen LogP contribution is -2.39. The molecule has 0 fully saturated rings. The van der Waals surface area contributed by atoms with Gasteiger partial charge in [0, 0.05) is 5.41 Å². The summed E-state index contributed by atoms with van der Waals surface area (Å²) in [4.78, 5) is 10.6. The van der Waals surface area contributed by atoms with Gasteiger partial charge in [0.1, 0.15) is 0 Å². The molecule has 0 atom stereocenters. The van der Waals surface area contributed by atoms with E-state index in [2.05, 4.69) is 5.43 Å². The fraction of sp³-hybridized carbons (Fsp3) is 0.800. The van der Waals surface area contributed by atoms with E-state index in [1.165, 1.54) is 0 Å². The second kappa shape index (κ2) is 5.46. The minimum atomic E-state index is -0.366. The highest BCUT2D eigenvalue weighted by atomic mass is 35.5. The van der Waals surface area contributed by atoms with Crippen LogP contribution in [0.5, 0.6) is 0 Å². The maximum atomic E-state index is 10.6. The number of hydrogen-bond acceptors (Lipinski definition) is 3. The Kier molecular flexibility index (Phi) is 8.93. The zero-order valence-corrected chi connectivity index (χ0v) is 7.42. The Morgan fingerprint density at radius 2 is 1.70 bits per heavy atom. The summed E-state index contributed by atoms with van der Waals surface area (Å²) >= 11 is 0. The number of carbonyl (C=O) groups is 1. The molecule has 6 N–H and O–H groups in total. The van der Waals surface area contributed by atoms with E-state index in [0.717, 1.165) is 0 Å². The van der Waals surface area contributed by atoms with Crippen LogP contribution >= 0.6 is 12.4 Å². The summed E-state index contributed by atoms with van der Waals surface area (Å²) in [5, 5.41) is 0. The second-order valence-electron chi connectivity index (χ2n) is 2.72. The topological polar surface area (TPSA) is 90.1 Å². The molecule has 0 aliphatic rings. The van der Waals surface area contributed by atoms with Crippen molar-refractivity contribution in [3.8, 4) is 0 Å². The number of nitrogens with two attached hydrogens (primary N) is 1. The standard InChI is InChI=1S/C5H12N2O.ClH.H3N/c1-5(2,3)4(8)7-6;;/h6H2,1-3H3,(H,7,8);1H;1H3. The second-order valence-corrected chi connectivity index (χ2v) is 2.72. The summed E-state index contributed by atoms with van der Waals surface area (Å²) in [7, 11) is 0. The molecule has 0 unspecified atom stereocenters. The number of halogens is 1. The average Bonchev–Trinajstić information content (AvgIpc) is 1.62. The van der Waals surface area contributed by atoms with Crippen LogP contribution in [-0.4, -0.2) is 5.91 Å². The van der Waals surface area contributed by atoms with Gasteiger partial charge in [-0.1, -0.05) is 20.8 Å². The van der Waals surface area contributed by atoms with E-state index in [4.69, 9.17) is 5.84 Å². The molecule has 0 radical (unpaired) electrons. The van der Waals surface area contributed by atoms with E-state index >= 15 is 0 Å². The lowest BCUT2D eigenvalue weighted by atomic mass is 9.96. The Balaban J connectivity index is -0.000000245. The van der Waals surface area contributed by atoms with Crippen LogP contribution < -0.4 is 17.4 Å². The van der Waals surface area contributed by atoms with E-state index in [0.29, 0.717) is 0 Å². The molecule has 4 nitrogen and oxygen atoms in total. The van der Waals surface area contributed by atoms with Gasteiger partial charge in [-0.15, -0.1) is 12.4 Å². The molecule has 0 aliphatic heterocycles. The number of amides is 1. The lowest BCUT2D eigenvalue weighted by Gasteiger charge is -2.14. The first kappa shape index (κ1) is 16.3. The van der Waals surface area contributed by atoms with Gasteiger partial charge in [0.2, 0.25) is 5.91 Å². The first-order valence-corrected chi connectivity index (χ1v) is 2.49. The molecule has 5 heteroatoms. The molecule has 0 bridgehead atoms. The van der Waals surface area contributed by atoms with Gasteiger partial charge in [-0.3, -0.25) is 10.2 Å². The fourth-order valence-electron chi connectivity index (χ4n) is 0.217. The van der Waals surface area contributed by atoms with Crippen LogP contribution in [-0.2, 0) is 4.79 Å². The summed E-state index contributed by atoms with van der Waals surface area (Å²) in [5.74, 6) is 4.72. The minimum absolute atomic E-state index is 0. The zero-order chi connectivity index (χ0) is 6.78. The maximum Gasteiger partial charge on any atom is 0.239 e. The quantitative estimate of drug-likeness (QED) is 0.282. The summed E-state index contributed by atoms with van der Waals surface area (Å²) in [6, 6.07) is 0. The molecule has 0 aromatic rings. The highest BCUT2D eigenvalue weighted by molar-refractivity contribution is 5.85. The predicted molar refractivity (Wildman–Crippen MR) is 44.1 cm³/mol. The molecular weight excluding hydrogens is 154 g/mol. The Morgan fingerprint density at radius 3 is 1.70 bits per heavy atom. The third-order valence-electron chi connectivity index (χ3n) is 0.812. The van der Waals surface area contributed by atoms with Crippen molar-refractivity contribution < 1.29 is 4.79 Å². The number of nitrogens with one attached hydrogen (secondary N) is 1. The first-order valence-electron chi connectivity index (χ1n) is 2.49. The Labute approximate surface area is 67.5 Å². The summed E-state index contributed by atoms with van der Waals surface area (Å²) in [5.41, 5.74) is 1.70. The van der Waals surface area contributed by atoms with Crippen LogP contribution in [0.2, 0.25) is 0 Å². The number of carbonyl (C=O) groups excluding carboxylic acids is 1. The molecule has 1 amide bonds. The van der Waals surface area contributed by atoms with Crippen LogP contribution in [0.3, 0.4) is 0 Å². The highest BCUT2D eigenvalue weighted by Crippen LogP contribution is 2.10. The SMILES string of the molecule is CC(C)(C)C(=O)NN.Cl.N. The van der Waals surface area contributed by atoms with Crippen molar-refractivity contribution in [1.82, 2.24) is 11.6 Å². The van der Waals surface area contributed by atoms with E-state index in [9.17, 15) is 4.79 Å². The zero-order valence-electron chi connectivity index (χ0n) is 6.60. The first-order chi connectivity index (χ1) is 3.48. The van der Waals surface area contributed by atoms with E-state index in [1.807, 2.05) is 0 Å². The van der Waals surface area contributed by atoms with Crippen molar-refractivity contribution >= 4 is 18.3 Å². The normalized spacial score (nSPS) is 8.80. The molecule has 10 heavy (non-hydrogen) atoms. The molecule has 0 saturated carbocycles. The Morgan fingerprint density at radius 1 is 1.40 bits per heavy atom. The van der Waals surface area contributed by atoms with Gasteiger partial charge >= 0.3 is 0 Å². The highest BCUT2D eigenvalue weighted by Gasteiger charge is 2.19. The van der Waals surface area contributed by atoms with Crippen molar-refractivity contribution in [2.24, 2.45) is 11.3 Å². The van der Waals surface area contributed by atoms with Crippen LogP contribution in [0.15, 0.2) is 0 Å². The molecule has 0 aliphatic carbocycles. The van der Waals surface area contributed by atoms with Crippen LogP contribution in [0, 0.1) is 5.41 Å². The molecule has 64 valence electrons. The van der Waals surface area contributed by atoms with Gasteiger partial charge in [-0.2, -0.15) is 0 Å². The molecule has 0 spiro atoms. The van der Waals surface area contributed by atoms with Gasteiger partial charge in [0.15, 0.2) is 0 Å². The molecule has 0 aromatic carbocycles. The number of hydrazine groups is 1. The number of rotatable bonds is 0. The predicted octanol–water partition coefficient (Wildman–Crippen LogP) is 0.606. The van der Waals surface area contributed by atoms with Gasteiger partial charge in [-0.25, -0.2) is 5.84 Å². The summed E-state index contributed by atoms with van der Waals surface area (Å²) < 4.78 is 0. The largest absolute Gasteiger partial charge is 0.344 e. The minimum Gasteiger partial charge on any atom is -0.344 e. The monoisotopic (exact) mass is 169 g/mol. The van der Waals surface area contributed by atoms with Crippen molar-refractivity contribution in [1.29, 1.82) is 0 Å². The van der Waals surface area contributed by atoms with E-state index in [-0.39, 0.29) is 29.9 Å². The lowest BCUT2D eigenvalue weighted by molar-refractivity contribution is -0.128. The summed E-state index contributed by atoms with van der Waals surface area (Å²) in [6.07, 6.45) is 0. The van der Waals surface area contributed by atoms with Crippen LogP contribution in [0.1, 0.15) is 20.8 Å². The van der Waals surface area contributed by atoms with Crippen molar-refractivity contribution in [3.05, 3.63) is 0 Å². The number of hydrogen-bond donors (Lipinski definition) is 3. The van der Waals surface area contributed by atoms with Crippen molar-refractivity contribution in [3.63, 3.8) is 0 Å². The maximum absolute atomic E-state index is 10.6. The molecule has 0 aromatic heterocycles. The van der Waals surface area contributed by atoms with Gasteiger partial charge in [-0.05, 0) is 0 Å². The third kappa shape index (κ3) is 5.81. The van der Waals surface area contributed by atoms with Gasteiger partial charge in [0.05, 0.1) is 0 Å². The molecule has 0 heterocycles. The Hall–Kier alpha value is -0.320.